The maximum absolute atomic E-state index is 12.6. The molecular formula is C18H19N3O5S. The van der Waals surface area contributed by atoms with Crippen LogP contribution in [0.2, 0.25) is 0 Å². The Morgan fingerprint density at radius 1 is 0.963 bits per heavy atom. The van der Waals surface area contributed by atoms with Crippen LogP contribution in [0.5, 0.6) is 0 Å². The summed E-state index contributed by atoms with van der Waals surface area (Å²) in [6, 6.07) is 14.4. The summed E-state index contributed by atoms with van der Waals surface area (Å²) < 4.78 is 26.6. The average Bonchev–Trinajstić information content (AvgIpc) is 2.68. The Bertz CT molecular complexity index is 921. The highest BCUT2D eigenvalue weighted by Gasteiger charge is 2.29. The Labute approximate surface area is 157 Å². The molecular weight excluding hydrogens is 370 g/mol. The van der Waals surface area contributed by atoms with Crippen LogP contribution in [0, 0.1) is 10.1 Å². The summed E-state index contributed by atoms with van der Waals surface area (Å²) in [5.74, 6) is -0.333. The van der Waals surface area contributed by atoms with E-state index in [1.807, 2.05) is 6.07 Å². The molecule has 1 amide bonds. The van der Waals surface area contributed by atoms with Gasteiger partial charge in [0.1, 0.15) is 0 Å². The maximum Gasteiger partial charge on any atom is 0.269 e. The smallest absolute Gasteiger partial charge is 0.269 e. The summed E-state index contributed by atoms with van der Waals surface area (Å²) >= 11 is 0. The van der Waals surface area contributed by atoms with E-state index in [4.69, 9.17) is 0 Å². The molecule has 142 valence electrons. The molecule has 0 saturated carbocycles. The first-order chi connectivity index (χ1) is 12.9. The predicted molar refractivity (Wildman–Crippen MR) is 99.6 cm³/mol. The lowest BCUT2D eigenvalue weighted by atomic mass is 10.2. The first kappa shape index (κ1) is 19.0. The number of sulfonamides is 1. The predicted octanol–water partition coefficient (Wildman–Crippen LogP) is 1.88. The van der Waals surface area contributed by atoms with Crippen molar-refractivity contribution in [1.29, 1.82) is 0 Å². The van der Waals surface area contributed by atoms with E-state index in [1.165, 1.54) is 28.6 Å². The van der Waals surface area contributed by atoms with Crippen molar-refractivity contribution in [2.45, 2.75) is 5.75 Å². The number of carbonyl (C=O) groups is 1. The fraction of sp³-hybridized carbons (Fsp3) is 0.278. The standard InChI is InChI=1S/C18H19N3O5S/c22-18(16-4-2-1-3-5-16)19-10-12-20(13-11-19)27(25,26)14-15-6-8-17(9-7-15)21(23)24/h1-9H,10-14H2. The molecule has 0 N–H and O–H groups in total. The molecule has 1 aliphatic heterocycles. The number of nitro groups is 1. The monoisotopic (exact) mass is 389 g/mol. The summed E-state index contributed by atoms with van der Waals surface area (Å²) in [6.07, 6.45) is 0. The molecule has 0 aliphatic carbocycles. The third kappa shape index (κ3) is 4.50. The third-order valence-electron chi connectivity index (χ3n) is 4.44. The second-order valence-electron chi connectivity index (χ2n) is 6.24. The number of amides is 1. The highest BCUT2D eigenvalue weighted by atomic mass is 32.2. The molecule has 0 atom stereocenters. The topological polar surface area (TPSA) is 101 Å². The Hall–Kier alpha value is -2.78. The van der Waals surface area contributed by atoms with Crippen molar-refractivity contribution >= 4 is 21.6 Å². The zero-order valence-electron chi connectivity index (χ0n) is 14.5. The van der Waals surface area contributed by atoms with Crippen molar-refractivity contribution in [2.75, 3.05) is 26.2 Å². The average molecular weight is 389 g/mol. The van der Waals surface area contributed by atoms with E-state index in [2.05, 4.69) is 0 Å². The van der Waals surface area contributed by atoms with E-state index in [9.17, 15) is 23.3 Å². The molecule has 1 saturated heterocycles. The van der Waals surface area contributed by atoms with Crippen molar-refractivity contribution in [2.24, 2.45) is 0 Å². The number of piperazine rings is 1. The normalized spacial score (nSPS) is 15.5. The lowest BCUT2D eigenvalue weighted by molar-refractivity contribution is -0.384. The lowest BCUT2D eigenvalue weighted by Crippen LogP contribution is -2.50. The SMILES string of the molecule is O=C(c1ccccc1)N1CCN(S(=O)(=O)Cc2ccc([N+](=O)[O-])cc2)CC1. The highest BCUT2D eigenvalue weighted by Crippen LogP contribution is 2.18. The van der Waals surface area contributed by atoms with Gasteiger partial charge in [-0.3, -0.25) is 14.9 Å². The zero-order chi connectivity index (χ0) is 19.4. The van der Waals surface area contributed by atoms with Gasteiger partial charge in [0.25, 0.3) is 11.6 Å². The van der Waals surface area contributed by atoms with Gasteiger partial charge in [-0.05, 0) is 17.7 Å². The Kier molecular flexibility index (Phi) is 5.52. The molecule has 8 nitrogen and oxygen atoms in total. The van der Waals surface area contributed by atoms with Gasteiger partial charge in [0, 0.05) is 43.9 Å². The first-order valence-corrected chi connectivity index (χ1v) is 10.0. The molecule has 0 aromatic heterocycles. The van der Waals surface area contributed by atoms with Crippen molar-refractivity contribution in [3.05, 3.63) is 75.8 Å². The van der Waals surface area contributed by atoms with Crippen LogP contribution in [0.1, 0.15) is 15.9 Å². The van der Waals surface area contributed by atoms with Crippen LogP contribution in [0.3, 0.4) is 0 Å². The molecule has 3 rings (SSSR count). The highest BCUT2D eigenvalue weighted by molar-refractivity contribution is 7.88. The Morgan fingerprint density at radius 3 is 2.11 bits per heavy atom. The van der Waals surface area contributed by atoms with Gasteiger partial charge in [-0.25, -0.2) is 8.42 Å². The Balaban J connectivity index is 1.61. The molecule has 1 heterocycles. The van der Waals surface area contributed by atoms with Crippen molar-refractivity contribution < 1.29 is 18.1 Å². The number of hydrogen-bond donors (Lipinski definition) is 0. The molecule has 0 bridgehead atoms. The minimum absolute atomic E-state index is 0.0795. The van der Waals surface area contributed by atoms with Gasteiger partial charge in [-0.15, -0.1) is 0 Å². The quantitative estimate of drug-likeness (QED) is 0.574. The van der Waals surface area contributed by atoms with Crippen LogP contribution in [-0.4, -0.2) is 54.6 Å². The van der Waals surface area contributed by atoms with E-state index in [0.717, 1.165) is 0 Å². The number of hydrogen-bond acceptors (Lipinski definition) is 5. The van der Waals surface area contributed by atoms with Gasteiger partial charge in [-0.2, -0.15) is 4.31 Å². The molecule has 1 aliphatic rings. The molecule has 1 fully saturated rings. The van der Waals surface area contributed by atoms with Crippen molar-refractivity contribution in [3.63, 3.8) is 0 Å². The van der Waals surface area contributed by atoms with E-state index in [0.29, 0.717) is 24.2 Å². The fourth-order valence-corrected chi connectivity index (χ4v) is 4.46. The summed E-state index contributed by atoms with van der Waals surface area (Å²) in [5, 5.41) is 10.7. The summed E-state index contributed by atoms with van der Waals surface area (Å²) in [7, 11) is -3.56. The fourth-order valence-electron chi connectivity index (χ4n) is 2.95. The Morgan fingerprint density at radius 2 is 1.56 bits per heavy atom. The number of rotatable bonds is 5. The van der Waals surface area contributed by atoms with Crippen LogP contribution < -0.4 is 0 Å². The summed E-state index contributed by atoms with van der Waals surface area (Å²) in [4.78, 5) is 24.2. The number of benzene rings is 2. The number of non-ortho nitro benzene ring substituents is 1. The summed E-state index contributed by atoms with van der Waals surface area (Å²) in [5.41, 5.74) is 0.993. The molecule has 9 heteroatoms. The molecule has 27 heavy (non-hydrogen) atoms. The van der Waals surface area contributed by atoms with Crippen LogP contribution in [0.4, 0.5) is 5.69 Å². The second kappa shape index (κ2) is 7.85. The zero-order valence-corrected chi connectivity index (χ0v) is 15.3. The van der Waals surface area contributed by atoms with Gasteiger partial charge < -0.3 is 4.90 Å². The molecule has 0 unspecified atom stereocenters. The maximum atomic E-state index is 12.6. The van der Waals surface area contributed by atoms with E-state index >= 15 is 0 Å². The van der Waals surface area contributed by atoms with Gasteiger partial charge in [0.2, 0.25) is 10.0 Å². The number of carbonyl (C=O) groups excluding carboxylic acids is 1. The second-order valence-corrected chi connectivity index (χ2v) is 8.21. The molecule has 0 radical (unpaired) electrons. The largest absolute Gasteiger partial charge is 0.336 e. The van der Waals surface area contributed by atoms with Gasteiger partial charge in [0.05, 0.1) is 10.7 Å². The van der Waals surface area contributed by atoms with Crippen molar-refractivity contribution in [1.82, 2.24) is 9.21 Å². The minimum atomic E-state index is -3.56. The van der Waals surface area contributed by atoms with Crippen LogP contribution >= 0.6 is 0 Å². The van der Waals surface area contributed by atoms with Gasteiger partial charge in [0.15, 0.2) is 0 Å². The molecule has 2 aromatic rings. The molecule has 0 spiro atoms. The van der Waals surface area contributed by atoms with E-state index < -0.39 is 14.9 Å². The first-order valence-electron chi connectivity index (χ1n) is 8.42. The third-order valence-corrected chi connectivity index (χ3v) is 6.29. The van der Waals surface area contributed by atoms with Gasteiger partial charge in [-0.1, -0.05) is 30.3 Å². The minimum Gasteiger partial charge on any atom is -0.336 e. The van der Waals surface area contributed by atoms with Gasteiger partial charge >= 0.3 is 0 Å². The van der Waals surface area contributed by atoms with E-state index in [-0.39, 0.29) is 30.4 Å². The molecule has 2 aromatic carbocycles. The number of nitrogens with zero attached hydrogens (tertiary/aromatic N) is 3. The lowest BCUT2D eigenvalue weighted by Gasteiger charge is -2.34. The summed E-state index contributed by atoms with van der Waals surface area (Å²) in [6.45, 7) is 1.11. The van der Waals surface area contributed by atoms with Crippen LogP contribution in [0.15, 0.2) is 54.6 Å². The van der Waals surface area contributed by atoms with Crippen LogP contribution in [-0.2, 0) is 15.8 Å². The number of nitro benzene ring substituents is 1. The van der Waals surface area contributed by atoms with E-state index in [1.54, 1.807) is 29.2 Å². The van der Waals surface area contributed by atoms with Crippen LogP contribution in [0.25, 0.3) is 0 Å². The van der Waals surface area contributed by atoms with Crippen molar-refractivity contribution in [3.8, 4) is 0 Å².